The number of benzene rings is 4. The molecule has 0 aliphatic carbocycles. The molecule has 0 saturated heterocycles. The minimum Gasteiger partial charge on any atom is -0.240 e. The van der Waals surface area contributed by atoms with Crippen LogP contribution in [0, 0.1) is 6.92 Å². The van der Waals surface area contributed by atoms with Gasteiger partial charge in [0.05, 0.1) is 5.56 Å². The van der Waals surface area contributed by atoms with Crippen LogP contribution in [-0.4, -0.2) is 10.4 Å². The smallest absolute Gasteiger partial charge is 0.240 e. The summed E-state index contributed by atoms with van der Waals surface area (Å²) < 4.78 is 2.34. The molecule has 0 amide bonds. The second-order valence-electron chi connectivity index (χ2n) is 7.11. The highest BCUT2D eigenvalue weighted by Crippen LogP contribution is 2.19. The van der Waals surface area contributed by atoms with Crippen molar-refractivity contribution in [3.05, 3.63) is 132 Å². The lowest BCUT2D eigenvalue weighted by Gasteiger charge is -2.14. The molecule has 4 aromatic carbocycles. The quantitative estimate of drug-likeness (QED) is 0.242. The summed E-state index contributed by atoms with van der Waals surface area (Å²) in [6.45, 7) is 2.88. The van der Waals surface area contributed by atoms with E-state index < -0.39 is 0 Å². The number of nitrogens with zero attached hydrogens (tertiary/aromatic N) is 1. The van der Waals surface area contributed by atoms with Gasteiger partial charge in [0.15, 0.2) is 0 Å². The zero-order valence-electron chi connectivity index (χ0n) is 16.6. The van der Waals surface area contributed by atoms with E-state index in [2.05, 4.69) is 132 Å². The van der Waals surface area contributed by atoms with Gasteiger partial charge < -0.3 is 0 Å². The summed E-state index contributed by atoms with van der Waals surface area (Å²) in [5, 5.41) is 3.68. The van der Waals surface area contributed by atoms with Gasteiger partial charge in [-0.3, -0.25) is 0 Å². The van der Waals surface area contributed by atoms with Crippen molar-refractivity contribution < 1.29 is 4.58 Å². The van der Waals surface area contributed by atoms with Crippen LogP contribution in [0.3, 0.4) is 0 Å². The summed E-state index contributed by atoms with van der Waals surface area (Å²) in [6.07, 6.45) is 0. The Hall–Kier alpha value is -3.65. The van der Waals surface area contributed by atoms with Crippen molar-refractivity contribution in [3.63, 3.8) is 0 Å². The van der Waals surface area contributed by atoms with Crippen LogP contribution in [0.4, 0.5) is 11.4 Å². The van der Waals surface area contributed by atoms with E-state index in [9.17, 15) is 0 Å². The largest absolute Gasteiger partial charge is 0.287 e. The molecule has 29 heavy (non-hydrogen) atoms. The highest BCUT2D eigenvalue weighted by atomic mass is 15.1. The van der Waals surface area contributed by atoms with E-state index in [1.807, 2.05) is 0 Å². The Morgan fingerprint density at radius 3 is 1.83 bits per heavy atom. The van der Waals surface area contributed by atoms with Gasteiger partial charge in [-0.2, -0.15) is 0 Å². The van der Waals surface area contributed by atoms with E-state index in [1.165, 1.54) is 11.1 Å². The molecular weight excluding hydrogens is 352 g/mol. The molecule has 0 heterocycles. The number of nitrogens with one attached hydrogen (secondary N) is 1. The van der Waals surface area contributed by atoms with E-state index >= 15 is 0 Å². The maximum atomic E-state index is 3.68. The van der Waals surface area contributed by atoms with Crippen LogP contribution in [0.1, 0.15) is 16.7 Å². The molecule has 0 bridgehead atoms. The van der Waals surface area contributed by atoms with Crippen molar-refractivity contribution in [1.82, 2.24) is 0 Å². The van der Waals surface area contributed by atoms with E-state index in [-0.39, 0.29) is 0 Å². The molecule has 2 heteroatoms. The molecule has 4 rings (SSSR count). The molecule has 142 valence electrons. The van der Waals surface area contributed by atoms with Crippen LogP contribution in [0.5, 0.6) is 0 Å². The summed E-state index contributed by atoms with van der Waals surface area (Å²) in [6, 6.07) is 40.2. The topological polar surface area (TPSA) is 15.0 Å². The average molecular weight is 378 g/mol. The van der Waals surface area contributed by atoms with Crippen LogP contribution < -0.4 is 5.32 Å². The first-order valence-electron chi connectivity index (χ1n) is 9.92. The van der Waals surface area contributed by atoms with Gasteiger partial charge in [0.2, 0.25) is 0 Å². The molecule has 0 atom stereocenters. The Morgan fingerprint density at radius 2 is 1.21 bits per heavy atom. The normalized spacial score (nSPS) is 11.6. The van der Waals surface area contributed by atoms with Gasteiger partial charge in [0.25, 0.3) is 5.84 Å². The lowest BCUT2D eigenvalue weighted by Crippen LogP contribution is -2.26. The van der Waals surface area contributed by atoms with Crippen molar-refractivity contribution in [2.45, 2.75) is 13.5 Å². The molecule has 0 saturated carbocycles. The second kappa shape index (κ2) is 9.03. The Balaban J connectivity index is 1.87. The number of aryl methyl sites for hydroxylation is 1. The Morgan fingerprint density at radius 1 is 0.655 bits per heavy atom. The van der Waals surface area contributed by atoms with Crippen molar-refractivity contribution in [2.24, 2.45) is 0 Å². The maximum Gasteiger partial charge on any atom is 0.287 e. The highest BCUT2D eigenvalue weighted by Gasteiger charge is 2.19. The number of para-hydroxylation sites is 1. The van der Waals surface area contributed by atoms with E-state index in [0.29, 0.717) is 0 Å². The zero-order valence-corrected chi connectivity index (χ0v) is 16.6. The van der Waals surface area contributed by atoms with E-state index in [1.54, 1.807) is 0 Å². The monoisotopic (exact) mass is 377 g/mol. The van der Waals surface area contributed by atoms with Crippen LogP contribution in [-0.2, 0) is 6.54 Å². The fraction of sp³-hybridized carbons (Fsp3) is 0.0741. The van der Waals surface area contributed by atoms with Gasteiger partial charge in [-0.15, -0.1) is 0 Å². The van der Waals surface area contributed by atoms with Gasteiger partial charge in [0, 0.05) is 0 Å². The van der Waals surface area contributed by atoms with E-state index in [0.717, 1.165) is 29.3 Å². The minimum absolute atomic E-state index is 0.772. The maximum absolute atomic E-state index is 3.68. The lowest BCUT2D eigenvalue weighted by atomic mass is 10.1. The SMILES string of the molecule is Cc1ccc(NC(c2ccccc2)=[N+](Cc2ccccc2)c2ccccc2)cc1. The van der Waals surface area contributed by atoms with Crippen LogP contribution >= 0.6 is 0 Å². The summed E-state index contributed by atoms with van der Waals surface area (Å²) in [5.74, 6) is 1.06. The van der Waals surface area contributed by atoms with Gasteiger partial charge in [-0.1, -0.05) is 84.4 Å². The van der Waals surface area contributed by atoms with Crippen molar-refractivity contribution in [3.8, 4) is 0 Å². The van der Waals surface area contributed by atoms with Crippen LogP contribution in [0.2, 0.25) is 0 Å². The van der Waals surface area contributed by atoms with Crippen molar-refractivity contribution in [1.29, 1.82) is 0 Å². The predicted molar refractivity (Wildman–Crippen MR) is 122 cm³/mol. The van der Waals surface area contributed by atoms with Crippen molar-refractivity contribution in [2.75, 3.05) is 5.32 Å². The number of hydrogen-bond donors (Lipinski definition) is 1. The summed E-state index contributed by atoms with van der Waals surface area (Å²) in [5.41, 5.74) is 5.88. The Labute approximate surface area is 172 Å². The zero-order chi connectivity index (χ0) is 19.9. The third-order valence-electron chi connectivity index (χ3n) is 4.88. The Bertz CT molecular complexity index is 1070. The number of amidine groups is 1. The molecule has 0 fully saturated rings. The number of hydrogen-bond acceptors (Lipinski definition) is 0. The molecule has 0 radical (unpaired) electrons. The number of anilines is 1. The average Bonchev–Trinajstić information content (AvgIpc) is 2.79. The molecule has 1 N–H and O–H groups in total. The second-order valence-corrected chi connectivity index (χ2v) is 7.11. The first-order valence-corrected chi connectivity index (χ1v) is 9.92. The lowest BCUT2D eigenvalue weighted by molar-refractivity contribution is -0.457. The predicted octanol–water partition coefficient (Wildman–Crippen LogP) is 6.40. The third kappa shape index (κ3) is 4.80. The third-order valence-corrected chi connectivity index (χ3v) is 4.88. The summed E-state index contributed by atoms with van der Waals surface area (Å²) in [4.78, 5) is 0. The van der Waals surface area contributed by atoms with Gasteiger partial charge in [-0.05, 0) is 48.9 Å². The molecule has 0 aliphatic heterocycles. The minimum atomic E-state index is 0.772. The molecule has 0 aromatic heterocycles. The number of rotatable bonds is 5. The highest BCUT2D eigenvalue weighted by molar-refractivity contribution is 6.05. The molecule has 0 aliphatic rings. The molecule has 0 unspecified atom stereocenters. The van der Waals surface area contributed by atoms with Gasteiger partial charge >= 0.3 is 0 Å². The first-order chi connectivity index (χ1) is 14.3. The summed E-state index contributed by atoms with van der Waals surface area (Å²) >= 11 is 0. The molecule has 2 nitrogen and oxygen atoms in total. The van der Waals surface area contributed by atoms with Gasteiger partial charge in [0.1, 0.15) is 17.9 Å². The van der Waals surface area contributed by atoms with Gasteiger partial charge in [-0.25, -0.2) is 9.89 Å². The summed E-state index contributed by atoms with van der Waals surface area (Å²) in [7, 11) is 0. The van der Waals surface area contributed by atoms with Crippen LogP contribution in [0.25, 0.3) is 0 Å². The molecular formula is C27H25N2+. The van der Waals surface area contributed by atoms with Crippen molar-refractivity contribution >= 4 is 17.2 Å². The fourth-order valence-electron chi connectivity index (χ4n) is 3.34. The standard InChI is InChI=1S/C27H24N2/c1-22-17-19-25(20-18-22)28-27(24-13-7-3-8-14-24)29(26-15-9-4-10-16-26)21-23-11-5-2-6-12-23/h2-20H,21H2,1H3/p+1. The van der Waals surface area contributed by atoms with E-state index in [4.69, 9.17) is 0 Å². The Kier molecular flexibility index (Phi) is 5.82. The molecule has 4 aromatic rings. The molecule has 0 spiro atoms. The fourth-order valence-corrected chi connectivity index (χ4v) is 3.34. The first kappa shape index (κ1) is 18.7. The van der Waals surface area contributed by atoms with Crippen LogP contribution in [0.15, 0.2) is 115 Å².